The number of carbonyl (C=O) groups excluding carboxylic acids is 1. The minimum atomic E-state index is -1.97. The van der Waals surface area contributed by atoms with Gasteiger partial charge in [0.2, 0.25) is 0 Å². The van der Waals surface area contributed by atoms with E-state index in [2.05, 4.69) is 81.6 Å². The average Bonchev–Trinajstić information content (AvgIpc) is 2.88. The van der Waals surface area contributed by atoms with E-state index in [9.17, 15) is 4.79 Å². The van der Waals surface area contributed by atoms with E-state index in [0.717, 1.165) is 19.3 Å². The third-order valence-electron chi connectivity index (χ3n) is 10.1. The van der Waals surface area contributed by atoms with Crippen molar-refractivity contribution in [1.82, 2.24) is 0 Å². The predicted octanol–water partition coefficient (Wildman–Crippen LogP) is 7.43. The van der Waals surface area contributed by atoms with E-state index < -0.39 is 16.6 Å². The van der Waals surface area contributed by atoms with E-state index >= 15 is 0 Å². The summed E-state index contributed by atoms with van der Waals surface area (Å²) in [7, 11) is -3.90. The summed E-state index contributed by atoms with van der Waals surface area (Å²) in [6.45, 7) is 28.7. The fourth-order valence-corrected chi connectivity index (χ4v) is 7.85. The van der Waals surface area contributed by atoms with Gasteiger partial charge in [-0.15, -0.1) is 0 Å². The molecule has 2 aliphatic rings. The Morgan fingerprint density at radius 3 is 1.93 bits per heavy atom. The van der Waals surface area contributed by atoms with Gasteiger partial charge in [0.15, 0.2) is 16.6 Å². The number of aldehydes is 1. The number of hydrogen-bond donors (Lipinski definition) is 0. The lowest BCUT2D eigenvalue weighted by molar-refractivity contribution is -0.156. The highest BCUT2D eigenvalue weighted by molar-refractivity contribution is 6.74. The molecule has 0 saturated heterocycles. The topological polar surface area (TPSA) is 35.5 Å². The van der Waals surface area contributed by atoms with Crippen LogP contribution in [0.15, 0.2) is 0 Å². The third-order valence-corrected chi connectivity index (χ3v) is 19.1. The van der Waals surface area contributed by atoms with Crippen molar-refractivity contribution in [3.8, 4) is 0 Å². The van der Waals surface area contributed by atoms with Gasteiger partial charge >= 0.3 is 0 Å². The molecule has 176 valence electrons. The third kappa shape index (κ3) is 4.17. The van der Waals surface area contributed by atoms with Gasteiger partial charge in [-0.3, -0.25) is 0 Å². The first kappa shape index (κ1) is 26.3. The van der Waals surface area contributed by atoms with Gasteiger partial charge in [0.25, 0.3) is 0 Å². The van der Waals surface area contributed by atoms with Crippen molar-refractivity contribution >= 4 is 22.9 Å². The Hall–Kier alpha value is 0.0238. The summed E-state index contributed by atoms with van der Waals surface area (Å²) in [6.07, 6.45) is 5.68. The Balaban J connectivity index is 2.54. The standard InChI is InChI=1S/C25H50O3Si2/c1-19-13-14-21(28-30(11,12)23(5,6)7)25(18-27-29(9,10)22(2,3)4)20(17-26)15-16-24(19,25)8/h17,19-21H,13-16,18H2,1-12H3/t19-,20+,21-,24+,25-/m0/s1. The maximum absolute atomic E-state index is 12.5. The van der Waals surface area contributed by atoms with Gasteiger partial charge in [-0.2, -0.15) is 0 Å². The minimum absolute atomic E-state index is 0.0322. The Labute approximate surface area is 189 Å². The van der Waals surface area contributed by atoms with Gasteiger partial charge < -0.3 is 13.6 Å². The monoisotopic (exact) mass is 454 g/mol. The number of fused-ring (bicyclic) bond motifs is 1. The SMILES string of the molecule is C[C@H]1CC[C@H](O[Si](C)(C)C(C)(C)C)[C@]2(CO[Si](C)(C)C(C)(C)C)[C@@H](C=O)CC[C@]12C. The maximum Gasteiger partial charge on any atom is 0.192 e. The molecule has 0 amide bonds. The molecule has 0 aliphatic heterocycles. The molecule has 5 heteroatoms. The normalized spacial score (nSPS) is 35.9. The van der Waals surface area contributed by atoms with E-state index in [1.807, 2.05) is 0 Å². The first-order chi connectivity index (χ1) is 13.4. The summed E-state index contributed by atoms with van der Waals surface area (Å²) in [5, 5.41) is 0.314. The highest BCUT2D eigenvalue weighted by Gasteiger charge is 2.66. The lowest BCUT2D eigenvalue weighted by Crippen LogP contribution is -2.62. The van der Waals surface area contributed by atoms with Gasteiger partial charge in [-0.25, -0.2) is 0 Å². The van der Waals surface area contributed by atoms with E-state index in [0.29, 0.717) is 12.5 Å². The highest BCUT2D eigenvalue weighted by atomic mass is 28.4. The van der Waals surface area contributed by atoms with Crippen LogP contribution in [0.5, 0.6) is 0 Å². The summed E-state index contributed by atoms with van der Waals surface area (Å²) < 4.78 is 14.1. The second-order valence-corrected chi connectivity index (χ2v) is 23.2. The van der Waals surface area contributed by atoms with Gasteiger partial charge in [0.05, 0.1) is 6.10 Å². The van der Waals surface area contributed by atoms with Gasteiger partial charge in [0, 0.05) is 17.9 Å². The summed E-state index contributed by atoms with van der Waals surface area (Å²) in [6, 6.07) is 0. The first-order valence-corrected chi connectivity index (χ1v) is 17.9. The summed E-state index contributed by atoms with van der Waals surface area (Å²) >= 11 is 0. The van der Waals surface area contributed by atoms with Crippen LogP contribution in [-0.4, -0.2) is 35.6 Å². The molecule has 0 radical (unpaired) electrons. The Bertz CT molecular complexity index is 631. The van der Waals surface area contributed by atoms with Crippen LogP contribution < -0.4 is 0 Å². The number of rotatable bonds is 6. The average molecular weight is 455 g/mol. The van der Waals surface area contributed by atoms with Gasteiger partial charge in [-0.1, -0.05) is 55.4 Å². The van der Waals surface area contributed by atoms with Crippen LogP contribution in [0.25, 0.3) is 0 Å². The smallest absolute Gasteiger partial charge is 0.192 e. The van der Waals surface area contributed by atoms with E-state index in [1.54, 1.807) is 0 Å². The Kier molecular flexibility index (Phi) is 7.10. The molecule has 2 saturated carbocycles. The lowest BCUT2D eigenvalue weighted by Gasteiger charge is -2.59. The van der Waals surface area contributed by atoms with Crippen molar-refractivity contribution in [2.45, 2.75) is 123 Å². The second-order valence-electron chi connectivity index (χ2n) is 13.6. The minimum Gasteiger partial charge on any atom is -0.416 e. The van der Waals surface area contributed by atoms with Crippen LogP contribution >= 0.6 is 0 Å². The second kappa shape index (κ2) is 8.11. The highest BCUT2D eigenvalue weighted by Crippen LogP contribution is 2.66. The van der Waals surface area contributed by atoms with Crippen molar-refractivity contribution in [2.24, 2.45) is 22.7 Å². The summed E-state index contributed by atoms with van der Waals surface area (Å²) in [5.74, 6) is 0.620. The van der Waals surface area contributed by atoms with Crippen LogP contribution in [0.1, 0.15) is 81.1 Å². The number of hydrogen-bond acceptors (Lipinski definition) is 3. The molecule has 2 fully saturated rings. The van der Waals surface area contributed by atoms with E-state index in [1.165, 1.54) is 12.7 Å². The quantitative estimate of drug-likeness (QED) is 0.309. The van der Waals surface area contributed by atoms with Crippen LogP contribution in [-0.2, 0) is 13.6 Å². The first-order valence-electron chi connectivity index (χ1n) is 12.1. The van der Waals surface area contributed by atoms with Crippen molar-refractivity contribution < 1.29 is 13.6 Å². The molecule has 30 heavy (non-hydrogen) atoms. The van der Waals surface area contributed by atoms with E-state index in [-0.39, 0.29) is 32.9 Å². The van der Waals surface area contributed by atoms with Gasteiger partial charge in [0.1, 0.15) is 6.29 Å². The molecule has 0 spiro atoms. The molecule has 0 N–H and O–H groups in total. The zero-order valence-corrected chi connectivity index (χ0v) is 24.1. The molecule has 0 heterocycles. The Morgan fingerprint density at radius 1 is 0.933 bits per heavy atom. The van der Waals surface area contributed by atoms with Crippen LogP contribution in [0.3, 0.4) is 0 Å². The maximum atomic E-state index is 12.5. The molecule has 0 bridgehead atoms. The largest absolute Gasteiger partial charge is 0.416 e. The van der Waals surface area contributed by atoms with Crippen molar-refractivity contribution in [3.05, 3.63) is 0 Å². The van der Waals surface area contributed by atoms with Crippen LogP contribution in [0.4, 0.5) is 0 Å². The molecular formula is C25H50O3Si2. The lowest BCUT2D eigenvalue weighted by atomic mass is 9.51. The molecule has 2 aliphatic carbocycles. The molecule has 0 aromatic carbocycles. The van der Waals surface area contributed by atoms with Gasteiger partial charge in [-0.05, 0) is 73.3 Å². The van der Waals surface area contributed by atoms with Crippen LogP contribution in [0.2, 0.25) is 36.3 Å². The molecule has 0 aromatic rings. The molecule has 0 aromatic heterocycles. The van der Waals surface area contributed by atoms with Crippen LogP contribution in [0, 0.1) is 22.7 Å². The summed E-state index contributed by atoms with van der Waals surface area (Å²) in [4.78, 5) is 12.5. The fraction of sp³-hybridized carbons (Fsp3) is 0.960. The molecule has 3 nitrogen and oxygen atoms in total. The molecule has 2 rings (SSSR count). The fourth-order valence-electron chi connectivity index (χ4n) is 5.43. The number of carbonyl (C=O) groups is 1. The van der Waals surface area contributed by atoms with Crippen molar-refractivity contribution in [2.75, 3.05) is 6.61 Å². The molecular weight excluding hydrogens is 404 g/mol. The zero-order valence-electron chi connectivity index (χ0n) is 22.1. The van der Waals surface area contributed by atoms with Crippen molar-refractivity contribution in [1.29, 1.82) is 0 Å². The summed E-state index contributed by atoms with van der Waals surface area (Å²) in [5.41, 5.74) is -0.121. The Morgan fingerprint density at radius 2 is 1.47 bits per heavy atom. The molecule has 5 atom stereocenters. The zero-order chi connectivity index (χ0) is 23.4. The van der Waals surface area contributed by atoms with Crippen molar-refractivity contribution in [3.63, 3.8) is 0 Å². The molecule has 0 unspecified atom stereocenters. The van der Waals surface area contributed by atoms with E-state index in [4.69, 9.17) is 8.85 Å². The predicted molar refractivity (Wildman–Crippen MR) is 133 cm³/mol.